The van der Waals surface area contributed by atoms with E-state index in [-0.39, 0.29) is 16.8 Å². The lowest BCUT2D eigenvalue weighted by molar-refractivity contribution is -0.133. The number of carbonyl (C=O) groups is 1. The Bertz CT molecular complexity index is 835. The molecule has 2 atom stereocenters. The van der Waals surface area contributed by atoms with Crippen LogP contribution in [0.5, 0.6) is 0 Å². The summed E-state index contributed by atoms with van der Waals surface area (Å²) < 4.78 is 27.4. The van der Waals surface area contributed by atoms with Crippen LogP contribution in [-0.2, 0) is 14.8 Å². The lowest BCUT2D eigenvalue weighted by atomic mass is 10.1. The SMILES string of the molecule is C[C@H](NS(=O)(=O)c1ccc(Cl)cc1)C(=O)N1CCCC1c1cccs1. The number of likely N-dealkylation sites (tertiary alicyclic amines) is 1. The van der Waals surface area contributed by atoms with Crippen molar-refractivity contribution in [2.45, 2.75) is 36.7 Å². The van der Waals surface area contributed by atoms with E-state index in [9.17, 15) is 13.2 Å². The normalized spacial score (nSPS) is 19.1. The first-order valence-corrected chi connectivity index (χ1v) is 10.7. The molecular formula is C17H19ClN2O3S2. The van der Waals surface area contributed by atoms with Crippen LogP contribution in [0.3, 0.4) is 0 Å². The Kier molecular flexibility index (Phi) is 5.48. The van der Waals surface area contributed by atoms with Crippen LogP contribution in [-0.4, -0.2) is 31.8 Å². The van der Waals surface area contributed by atoms with Crippen LogP contribution in [0.2, 0.25) is 5.02 Å². The number of benzene rings is 1. The average molecular weight is 399 g/mol. The molecule has 0 radical (unpaired) electrons. The van der Waals surface area contributed by atoms with Gasteiger partial charge in [0.15, 0.2) is 0 Å². The van der Waals surface area contributed by atoms with Crippen molar-refractivity contribution in [1.82, 2.24) is 9.62 Å². The number of hydrogen-bond donors (Lipinski definition) is 1. The molecule has 25 heavy (non-hydrogen) atoms. The summed E-state index contributed by atoms with van der Waals surface area (Å²) in [6, 6.07) is 9.05. The van der Waals surface area contributed by atoms with Crippen molar-refractivity contribution < 1.29 is 13.2 Å². The van der Waals surface area contributed by atoms with E-state index in [0.29, 0.717) is 11.6 Å². The summed E-state index contributed by atoms with van der Waals surface area (Å²) >= 11 is 7.41. The van der Waals surface area contributed by atoms with Gasteiger partial charge in [-0.2, -0.15) is 4.72 Å². The summed E-state index contributed by atoms with van der Waals surface area (Å²) in [6.45, 7) is 2.23. The number of nitrogens with one attached hydrogen (secondary N) is 1. The predicted octanol–water partition coefficient (Wildman–Crippen LogP) is 3.43. The molecule has 1 aliphatic heterocycles. The van der Waals surface area contributed by atoms with E-state index in [1.807, 2.05) is 17.5 Å². The van der Waals surface area contributed by atoms with Gasteiger partial charge in [-0.15, -0.1) is 11.3 Å². The van der Waals surface area contributed by atoms with Crippen LogP contribution < -0.4 is 4.72 Å². The van der Waals surface area contributed by atoms with E-state index in [2.05, 4.69) is 4.72 Å². The van der Waals surface area contributed by atoms with Gasteiger partial charge in [0.1, 0.15) is 0 Å². The fourth-order valence-corrected chi connectivity index (χ4v) is 5.22. The lowest BCUT2D eigenvalue weighted by Crippen LogP contribution is -2.46. The smallest absolute Gasteiger partial charge is 0.241 e. The molecule has 1 N–H and O–H groups in total. The second-order valence-electron chi connectivity index (χ2n) is 6.00. The maximum Gasteiger partial charge on any atom is 0.241 e. The highest BCUT2D eigenvalue weighted by Crippen LogP contribution is 2.34. The van der Waals surface area contributed by atoms with Crippen molar-refractivity contribution in [1.29, 1.82) is 0 Å². The molecule has 0 spiro atoms. The minimum absolute atomic E-state index is 0.0370. The molecule has 0 aliphatic carbocycles. The largest absolute Gasteiger partial charge is 0.333 e. The monoisotopic (exact) mass is 398 g/mol. The summed E-state index contributed by atoms with van der Waals surface area (Å²) in [7, 11) is -3.78. The average Bonchev–Trinajstić information content (AvgIpc) is 3.25. The highest BCUT2D eigenvalue weighted by Gasteiger charge is 2.34. The molecule has 1 fully saturated rings. The van der Waals surface area contributed by atoms with Gasteiger partial charge in [-0.1, -0.05) is 17.7 Å². The summed E-state index contributed by atoms with van der Waals surface area (Å²) in [6.07, 6.45) is 1.83. The molecule has 1 unspecified atom stereocenters. The fourth-order valence-electron chi connectivity index (χ4n) is 3.02. The molecule has 3 rings (SSSR count). The van der Waals surface area contributed by atoms with Crippen molar-refractivity contribution in [3.63, 3.8) is 0 Å². The van der Waals surface area contributed by atoms with E-state index in [1.165, 1.54) is 24.3 Å². The van der Waals surface area contributed by atoms with Crippen LogP contribution in [0.25, 0.3) is 0 Å². The van der Waals surface area contributed by atoms with Gasteiger partial charge in [-0.3, -0.25) is 4.79 Å². The third-order valence-corrected chi connectivity index (χ3v) is 7.02. The Balaban J connectivity index is 1.73. The summed E-state index contributed by atoms with van der Waals surface area (Å²) in [5.41, 5.74) is 0. The van der Waals surface area contributed by atoms with Gasteiger partial charge in [-0.05, 0) is 55.5 Å². The molecule has 1 aromatic carbocycles. The maximum absolute atomic E-state index is 12.8. The molecular weight excluding hydrogens is 380 g/mol. The van der Waals surface area contributed by atoms with E-state index < -0.39 is 16.1 Å². The lowest BCUT2D eigenvalue weighted by Gasteiger charge is -2.27. The van der Waals surface area contributed by atoms with E-state index >= 15 is 0 Å². The maximum atomic E-state index is 12.8. The molecule has 0 saturated carbocycles. The van der Waals surface area contributed by atoms with Gasteiger partial charge in [0.05, 0.1) is 17.0 Å². The predicted molar refractivity (Wildman–Crippen MR) is 99.2 cm³/mol. The Hall–Kier alpha value is -1.41. The number of nitrogens with zero attached hydrogens (tertiary/aromatic N) is 1. The van der Waals surface area contributed by atoms with E-state index in [0.717, 1.165) is 17.7 Å². The molecule has 1 amide bonds. The van der Waals surface area contributed by atoms with Gasteiger partial charge < -0.3 is 4.90 Å². The van der Waals surface area contributed by atoms with Gasteiger partial charge in [-0.25, -0.2) is 8.42 Å². The third kappa shape index (κ3) is 4.06. The van der Waals surface area contributed by atoms with Crippen molar-refractivity contribution in [2.24, 2.45) is 0 Å². The fraction of sp³-hybridized carbons (Fsp3) is 0.353. The van der Waals surface area contributed by atoms with Crippen molar-refractivity contribution in [3.05, 3.63) is 51.7 Å². The minimum Gasteiger partial charge on any atom is -0.333 e. The second kappa shape index (κ2) is 7.45. The molecule has 5 nitrogen and oxygen atoms in total. The topological polar surface area (TPSA) is 66.5 Å². The number of carbonyl (C=O) groups excluding carboxylic acids is 1. The van der Waals surface area contributed by atoms with Gasteiger partial charge >= 0.3 is 0 Å². The summed E-state index contributed by atoms with van der Waals surface area (Å²) in [4.78, 5) is 15.8. The number of thiophene rings is 1. The molecule has 134 valence electrons. The molecule has 0 bridgehead atoms. The van der Waals surface area contributed by atoms with Crippen molar-refractivity contribution in [3.8, 4) is 0 Å². The van der Waals surface area contributed by atoms with E-state index in [1.54, 1.807) is 23.2 Å². The third-order valence-electron chi connectivity index (χ3n) is 4.23. The quantitative estimate of drug-likeness (QED) is 0.838. The molecule has 8 heteroatoms. The molecule has 1 saturated heterocycles. The minimum atomic E-state index is -3.78. The number of amides is 1. The number of rotatable bonds is 5. The highest BCUT2D eigenvalue weighted by molar-refractivity contribution is 7.89. The number of halogens is 1. The van der Waals surface area contributed by atoms with Crippen LogP contribution in [0.4, 0.5) is 0 Å². The number of sulfonamides is 1. The zero-order chi connectivity index (χ0) is 18.0. The summed E-state index contributed by atoms with van der Waals surface area (Å²) in [5.74, 6) is -0.201. The van der Waals surface area contributed by atoms with E-state index in [4.69, 9.17) is 11.6 Å². The van der Waals surface area contributed by atoms with Crippen LogP contribution in [0.15, 0.2) is 46.7 Å². The Morgan fingerprint density at radius 3 is 2.68 bits per heavy atom. The van der Waals surface area contributed by atoms with Crippen molar-refractivity contribution >= 4 is 38.9 Å². The second-order valence-corrected chi connectivity index (χ2v) is 9.13. The van der Waals surface area contributed by atoms with Gasteiger partial charge in [0.25, 0.3) is 0 Å². The van der Waals surface area contributed by atoms with Gasteiger partial charge in [0, 0.05) is 16.4 Å². The van der Waals surface area contributed by atoms with Gasteiger partial charge in [0.2, 0.25) is 15.9 Å². The first-order valence-electron chi connectivity index (χ1n) is 8.00. The first-order chi connectivity index (χ1) is 11.9. The Morgan fingerprint density at radius 1 is 1.32 bits per heavy atom. The molecule has 1 aliphatic rings. The molecule has 2 heterocycles. The molecule has 1 aromatic heterocycles. The Morgan fingerprint density at radius 2 is 2.04 bits per heavy atom. The first kappa shape index (κ1) is 18.4. The molecule has 2 aromatic rings. The van der Waals surface area contributed by atoms with Crippen LogP contribution in [0.1, 0.15) is 30.7 Å². The zero-order valence-corrected chi connectivity index (χ0v) is 16.1. The number of hydrogen-bond acceptors (Lipinski definition) is 4. The highest BCUT2D eigenvalue weighted by atomic mass is 35.5. The standard InChI is InChI=1S/C17H19ClN2O3S2/c1-12(19-25(22,23)14-8-6-13(18)7-9-14)17(21)20-10-2-4-15(20)16-5-3-11-24-16/h3,5-9,11-12,15,19H,2,4,10H2,1H3/t12-,15?/m0/s1. The van der Waals surface area contributed by atoms with Crippen LogP contribution in [0, 0.1) is 0 Å². The summed E-state index contributed by atoms with van der Waals surface area (Å²) in [5, 5.41) is 2.45. The zero-order valence-electron chi connectivity index (χ0n) is 13.7. The van der Waals surface area contributed by atoms with Crippen LogP contribution >= 0.6 is 22.9 Å². The Labute approximate surface area is 156 Å². The van der Waals surface area contributed by atoms with Crippen molar-refractivity contribution in [2.75, 3.05) is 6.54 Å².